The van der Waals surface area contributed by atoms with Crippen molar-refractivity contribution < 1.29 is 8.78 Å². The van der Waals surface area contributed by atoms with Crippen LogP contribution >= 0.6 is 0 Å². The van der Waals surface area contributed by atoms with Crippen molar-refractivity contribution in [2.45, 2.75) is 13.3 Å². The molecule has 0 heterocycles. The van der Waals surface area contributed by atoms with Crippen LogP contribution in [0.2, 0.25) is 0 Å². The molecule has 0 aliphatic carbocycles. The summed E-state index contributed by atoms with van der Waals surface area (Å²) in [6.07, 6.45) is 3.46. The standard InChI is InChI=1S/C11H13F2N/c1-2-8-5-6-10(12)9(11(8)13)4-3-7-14/h3-6H,2,7,14H2,1H3/b4-3+. The molecular formula is C11H13F2N. The summed E-state index contributed by atoms with van der Waals surface area (Å²) in [4.78, 5) is 0. The molecule has 14 heavy (non-hydrogen) atoms. The molecule has 0 fully saturated rings. The predicted molar refractivity (Wildman–Crippen MR) is 53.8 cm³/mol. The first-order valence-corrected chi connectivity index (χ1v) is 4.54. The second-order valence-electron chi connectivity index (χ2n) is 2.93. The molecule has 0 radical (unpaired) electrons. The topological polar surface area (TPSA) is 26.0 Å². The summed E-state index contributed by atoms with van der Waals surface area (Å²) in [6, 6.07) is 2.74. The number of hydrogen-bond donors (Lipinski definition) is 1. The highest BCUT2D eigenvalue weighted by Gasteiger charge is 2.09. The van der Waals surface area contributed by atoms with E-state index in [1.807, 2.05) is 6.92 Å². The molecule has 1 rings (SSSR count). The maximum Gasteiger partial charge on any atom is 0.136 e. The van der Waals surface area contributed by atoms with Crippen LogP contribution in [0.4, 0.5) is 8.78 Å². The predicted octanol–water partition coefficient (Wildman–Crippen LogP) is 2.50. The van der Waals surface area contributed by atoms with Crippen LogP contribution in [0.5, 0.6) is 0 Å². The van der Waals surface area contributed by atoms with E-state index in [1.54, 1.807) is 0 Å². The highest BCUT2D eigenvalue weighted by Crippen LogP contribution is 2.18. The lowest BCUT2D eigenvalue weighted by atomic mass is 10.1. The molecule has 76 valence electrons. The van der Waals surface area contributed by atoms with Crippen LogP contribution in [0.25, 0.3) is 6.08 Å². The molecule has 1 aromatic carbocycles. The number of aryl methyl sites for hydroxylation is 1. The molecule has 0 aliphatic rings. The minimum atomic E-state index is -0.551. The van der Waals surface area contributed by atoms with Gasteiger partial charge in [0, 0.05) is 12.1 Å². The molecule has 1 nitrogen and oxygen atoms in total. The lowest BCUT2D eigenvalue weighted by Crippen LogP contribution is -1.97. The van der Waals surface area contributed by atoms with E-state index in [4.69, 9.17) is 5.73 Å². The van der Waals surface area contributed by atoms with Gasteiger partial charge in [0.25, 0.3) is 0 Å². The third-order valence-corrected chi connectivity index (χ3v) is 2.01. The van der Waals surface area contributed by atoms with E-state index < -0.39 is 11.6 Å². The van der Waals surface area contributed by atoms with Gasteiger partial charge in [-0.3, -0.25) is 0 Å². The second kappa shape index (κ2) is 4.86. The molecule has 0 bridgehead atoms. The van der Waals surface area contributed by atoms with Gasteiger partial charge in [0.1, 0.15) is 11.6 Å². The van der Waals surface area contributed by atoms with Crippen molar-refractivity contribution in [2.24, 2.45) is 5.73 Å². The summed E-state index contributed by atoms with van der Waals surface area (Å²) in [7, 11) is 0. The van der Waals surface area contributed by atoms with Crippen molar-refractivity contribution in [3.05, 3.63) is 41.0 Å². The van der Waals surface area contributed by atoms with Crippen molar-refractivity contribution in [1.82, 2.24) is 0 Å². The fourth-order valence-electron chi connectivity index (χ4n) is 1.23. The van der Waals surface area contributed by atoms with Gasteiger partial charge in [-0.25, -0.2) is 8.78 Å². The quantitative estimate of drug-likeness (QED) is 0.791. The fraction of sp³-hybridized carbons (Fsp3) is 0.273. The average molecular weight is 197 g/mol. The van der Waals surface area contributed by atoms with Crippen LogP contribution in [0.3, 0.4) is 0 Å². The smallest absolute Gasteiger partial charge is 0.136 e. The first-order valence-electron chi connectivity index (χ1n) is 4.54. The molecule has 0 unspecified atom stereocenters. The average Bonchev–Trinajstić information content (AvgIpc) is 2.18. The number of benzene rings is 1. The molecule has 0 saturated carbocycles. The maximum absolute atomic E-state index is 13.5. The minimum absolute atomic E-state index is 0.00481. The Labute approximate surface area is 82.2 Å². The van der Waals surface area contributed by atoms with Gasteiger partial charge in [0.05, 0.1) is 0 Å². The van der Waals surface area contributed by atoms with E-state index in [9.17, 15) is 8.78 Å². The monoisotopic (exact) mass is 197 g/mol. The zero-order valence-electron chi connectivity index (χ0n) is 8.06. The summed E-state index contributed by atoms with van der Waals surface area (Å²) >= 11 is 0. The van der Waals surface area contributed by atoms with Gasteiger partial charge in [-0.15, -0.1) is 0 Å². The molecule has 0 atom stereocenters. The second-order valence-corrected chi connectivity index (χ2v) is 2.93. The van der Waals surface area contributed by atoms with E-state index in [2.05, 4.69) is 0 Å². The van der Waals surface area contributed by atoms with E-state index in [-0.39, 0.29) is 12.1 Å². The lowest BCUT2D eigenvalue weighted by Gasteiger charge is -2.04. The summed E-state index contributed by atoms with van der Waals surface area (Å²) in [5.74, 6) is -1.04. The van der Waals surface area contributed by atoms with Gasteiger partial charge in [-0.2, -0.15) is 0 Å². The van der Waals surface area contributed by atoms with Crippen LogP contribution in [0, 0.1) is 11.6 Å². The van der Waals surface area contributed by atoms with Gasteiger partial charge in [0.15, 0.2) is 0 Å². The summed E-state index contributed by atoms with van der Waals surface area (Å²) in [5, 5.41) is 0. The molecule has 3 heteroatoms. The summed E-state index contributed by atoms with van der Waals surface area (Å²) < 4.78 is 26.7. The number of hydrogen-bond acceptors (Lipinski definition) is 1. The van der Waals surface area contributed by atoms with E-state index in [0.29, 0.717) is 12.0 Å². The Morgan fingerprint density at radius 2 is 2.07 bits per heavy atom. The summed E-state index contributed by atoms with van der Waals surface area (Å²) in [5.41, 5.74) is 5.73. The molecule has 0 aliphatic heterocycles. The third-order valence-electron chi connectivity index (χ3n) is 2.01. The van der Waals surface area contributed by atoms with Gasteiger partial charge >= 0.3 is 0 Å². The molecule has 2 N–H and O–H groups in total. The molecular weight excluding hydrogens is 184 g/mol. The van der Waals surface area contributed by atoms with Crippen LogP contribution in [-0.4, -0.2) is 6.54 Å². The SMILES string of the molecule is CCc1ccc(F)c(/C=C/CN)c1F. The van der Waals surface area contributed by atoms with Gasteiger partial charge < -0.3 is 5.73 Å². The highest BCUT2D eigenvalue weighted by molar-refractivity contribution is 5.52. The largest absolute Gasteiger partial charge is 0.327 e. The first-order chi connectivity index (χ1) is 6.70. The normalized spacial score (nSPS) is 11.1. The first kappa shape index (κ1) is 10.9. The van der Waals surface area contributed by atoms with Crippen molar-refractivity contribution >= 4 is 6.08 Å². The number of halogens is 2. The van der Waals surface area contributed by atoms with Gasteiger partial charge in [-0.1, -0.05) is 25.1 Å². The van der Waals surface area contributed by atoms with Crippen molar-refractivity contribution in [2.75, 3.05) is 6.54 Å². The maximum atomic E-state index is 13.5. The Kier molecular flexibility index (Phi) is 3.77. The van der Waals surface area contributed by atoms with Crippen molar-refractivity contribution in [3.63, 3.8) is 0 Å². The van der Waals surface area contributed by atoms with E-state index in [0.717, 1.165) is 0 Å². The zero-order chi connectivity index (χ0) is 10.6. The summed E-state index contributed by atoms with van der Waals surface area (Å²) in [6.45, 7) is 2.10. The minimum Gasteiger partial charge on any atom is -0.327 e. The molecule has 0 spiro atoms. The molecule has 0 saturated heterocycles. The van der Waals surface area contributed by atoms with Crippen molar-refractivity contribution in [3.8, 4) is 0 Å². The molecule has 0 aromatic heterocycles. The number of nitrogens with two attached hydrogens (primary N) is 1. The highest BCUT2D eigenvalue weighted by atomic mass is 19.1. The Morgan fingerprint density at radius 1 is 1.36 bits per heavy atom. The molecule has 0 amide bonds. The van der Waals surface area contributed by atoms with Gasteiger partial charge in [-0.05, 0) is 18.1 Å². The fourth-order valence-corrected chi connectivity index (χ4v) is 1.23. The van der Waals surface area contributed by atoms with Gasteiger partial charge in [0.2, 0.25) is 0 Å². The van der Waals surface area contributed by atoms with Crippen molar-refractivity contribution in [1.29, 1.82) is 0 Å². The number of rotatable bonds is 3. The van der Waals surface area contributed by atoms with E-state index in [1.165, 1.54) is 24.3 Å². The Bertz CT molecular complexity index is 345. The van der Waals surface area contributed by atoms with Crippen LogP contribution in [-0.2, 0) is 6.42 Å². The van der Waals surface area contributed by atoms with E-state index >= 15 is 0 Å². The Morgan fingerprint density at radius 3 is 2.64 bits per heavy atom. The zero-order valence-corrected chi connectivity index (χ0v) is 8.06. The lowest BCUT2D eigenvalue weighted by molar-refractivity contribution is 0.569. The van der Waals surface area contributed by atoms with Crippen LogP contribution in [0.1, 0.15) is 18.1 Å². The third kappa shape index (κ3) is 2.17. The van der Waals surface area contributed by atoms with Crippen LogP contribution in [0.15, 0.2) is 18.2 Å². The Balaban J connectivity index is 3.18. The Hall–Kier alpha value is -1.22. The van der Waals surface area contributed by atoms with Crippen LogP contribution < -0.4 is 5.73 Å². The molecule has 1 aromatic rings.